The van der Waals surface area contributed by atoms with Crippen LogP contribution in [-0.4, -0.2) is 18.0 Å². The zero-order valence-electron chi connectivity index (χ0n) is 12.7. The van der Waals surface area contributed by atoms with Crippen molar-refractivity contribution in [3.05, 3.63) is 42.5 Å². The van der Waals surface area contributed by atoms with E-state index in [2.05, 4.69) is 78.9 Å². The Kier molecular flexibility index (Phi) is 4.28. The van der Waals surface area contributed by atoms with Crippen molar-refractivity contribution in [3.63, 3.8) is 0 Å². The number of benzene rings is 2. The summed E-state index contributed by atoms with van der Waals surface area (Å²) in [4.78, 5) is 4.51. The Hall–Kier alpha value is -2.03. The van der Waals surface area contributed by atoms with Crippen molar-refractivity contribution >= 4 is 22.4 Å². The smallest absolute Gasteiger partial charge is 0.196 e. The highest BCUT2D eigenvalue weighted by Gasteiger charge is 2.12. The monoisotopic (exact) mass is 269 g/mol. The quantitative estimate of drug-likeness (QED) is 0.638. The molecule has 0 spiro atoms. The van der Waals surface area contributed by atoms with E-state index < -0.39 is 0 Å². The minimum absolute atomic E-state index is 0.0222. The third-order valence-corrected chi connectivity index (χ3v) is 2.85. The van der Waals surface area contributed by atoms with Gasteiger partial charge < -0.3 is 10.6 Å². The number of hydrogen-bond donors (Lipinski definition) is 2. The number of rotatable bonds is 2. The van der Waals surface area contributed by atoms with Crippen LogP contribution in [0, 0.1) is 0 Å². The van der Waals surface area contributed by atoms with Crippen molar-refractivity contribution < 1.29 is 0 Å². The fourth-order valence-electron chi connectivity index (χ4n) is 2.09. The molecule has 2 N–H and O–H groups in total. The minimum Gasteiger partial charge on any atom is -0.352 e. The SMILES string of the molecule is CCN=C(Nc1cccc2ccccc12)NC(C)(C)C. The highest BCUT2D eigenvalue weighted by Crippen LogP contribution is 2.22. The molecule has 0 aliphatic heterocycles. The maximum atomic E-state index is 4.51. The highest BCUT2D eigenvalue weighted by molar-refractivity contribution is 6.03. The summed E-state index contributed by atoms with van der Waals surface area (Å²) in [7, 11) is 0. The topological polar surface area (TPSA) is 36.4 Å². The Morgan fingerprint density at radius 3 is 2.45 bits per heavy atom. The van der Waals surface area contributed by atoms with Crippen LogP contribution in [0.25, 0.3) is 10.8 Å². The number of hydrogen-bond acceptors (Lipinski definition) is 1. The molecule has 0 unspecified atom stereocenters. The standard InChI is InChI=1S/C17H23N3/c1-5-18-16(20-17(2,3)4)19-15-12-8-10-13-9-6-7-11-14(13)15/h6-12H,5H2,1-4H3,(H2,18,19,20). The molecule has 0 bridgehead atoms. The van der Waals surface area contributed by atoms with Crippen LogP contribution >= 0.6 is 0 Å². The lowest BCUT2D eigenvalue weighted by atomic mass is 10.1. The molecule has 20 heavy (non-hydrogen) atoms. The fraction of sp³-hybridized carbons (Fsp3) is 0.353. The average molecular weight is 269 g/mol. The summed E-state index contributed by atoms with van der Waals surface area (Å²) in [5.74, 6) is 0.816. The number of nitrogens with zero attached hydrogens (tertiary/aromatic N) is 1. The van der Waals surface area contributed by atoms with Crippen LogP contribution in [0.1, 0.15) is 27.7 Å². The molecule has 0 radical (unpaired) electrons. The molecule has 0 fully saturated rings. The molecule has 0 saturated heterocycles. The molecule has 0 atom stereocenters. The van der Waals surface area contributed by atoms with Crippen LogP contribution in [0.4, 0.5) is 5.69 Å². The molecule has 0 amide bonds. The third kappa shape index (κ3) is 3.73. The first-order valence-electron chi connectivity index (χ1n) is 7.07. The van der Waals surface area contributed by atoms with E-state index in [1.807, 2.05) is 6.92 Å². The third-order valence-electron chi connectivity index (χ3n) is 2.85. The molecular formula is C17H23N3. The molecule has 0 heterocycles. The molecular weight excluding hydrogens is 246 g/mol. The van der Waals surface area contributed by atoms with Gasteiger partial charge in [-0.2, -0.15) is 0 Å². The van der Waals surface area contributed by atoms with Gasteiger partial charge in [0.15, 0.2) is 5.96 Å². The van der Waals surface area contributed by atoms with Gasteiger partial charge in [0, 0.05) is 23.2 Å². The van der Waals surface area contributed by atoms with Crippen molar-refractivity contribution in [1.29, 1.82) is 0 Å². The molecule has 0 aliphatic rings. The predicted molar refractivity (Wildman–Crippen MR) is 88.4 cm³/mol. The molecule has 0 aliphatic carbocycles. The van der Waals surface area contributed by atoms with Crippen molar-refractivity contribution in [2.45, 2.75) is 33.2 Å². The Morgan fingerprint density at radius 2 is 1.75 bits per heavy atom. The molecule has 2 aromatic rings. The fourth-order valence-corrected chi connectivity index (χ4v) is 2.09. The number of nitrogens with one attached hydrogen (secondary N) is 2. The lowest BCUT2D eigenvalue weighted by Crippen LogP contribution is -2.44. The zero-order chi connectivity index (χ0) is 14.6. The lowest BCUT2D eigenvalue weighted by Gasteiger charge is -2.24. The van der Waals surface area contributed by atoms with Gasteiger partial charge in [-0.1, -0.05) is 36.4 Å². The maximum absolute atomic E-state index is 4.51. The van der Waals surface area contributed by atoms with E-state index in [1.54, 1.807) is 0 Å². The van der Waals surface area contributed by atoms with Crippen LogP contribution in [0.2, 0.25) is 0 Å². The van der Waals surface area contributed by atoms with Gasteiger partial charge in [-0.25, -0.2) is 0 Å². The van der Waals surface area contributed by atoms with E-state index in [1.165, 1.54) is 10.8 Å². The average Bonchev–Trinajstić information content (AvgIpc) is 2.37. The predicted octanol–water partition coefficient (Wildman–Crippen LogP) is 4.02. The first kappa shape index (κ1) is 14.4. The number of fused-ring (bicyclic) bond motifs is 1. The number of anilines is 1. The van der Waals surface area contributed by atoms with E-state index in [0.717, 1.165) is 18.2 Å². The minimum atomic E-state index is -0.0222. The molecule has 106 valence electrons. The van der Waals surface area contributed by atoms with E-state index in [4.69, 9.17) is 0 Å². The van der Waals surface area contributed by atoms with E-state index in [-0.39, 0.29) is 5.54 Å². The lowest BCUT2D eigenvalue weighted by molar-refractivity contribution is 0.510. The summed E-state index contributed by atoms with van der Waals surface area (Å²) in [6, 6.07) is 14.6. The second kappa shape index (κ2) is 5.95. The highest BCUT2D eigenvalue weighted by atomic mass is 15.2. The van der Waals surface area contributed by atoms with Gasteiger partial charge in [0.05, 0.1) is 0 Å². The summed E-state index contributed by atoms with van der Waals surface area (Å²) in [5, 5.41) is 9.26. The summed E-state index contributed by atoms with van der Waals surface area (Å²) >= 11 is 0. The second-order valence-corrected chi connectivity index (χ2v) is 5.85. The Balaban J connectivity index is 2.32. The van der Waals surface area contributed by atoms with Gasteiger partial charge in [-0.05, 0) is 39.1 Å². The first-order chi connectivity index (χ1) is 9.49. The van der Waals surface area contributed by atoms with E-state index in [0.29, 0.717) is 0 Å². The van der Waals surface area contributed by atoms with Crippen molar-refractivity contribution in [2.75, 3.05) is 11.9 Å². The molecule has 3 nitrogen and oxygen atoms in total. The van der Waals surface area contributed by atoms with Gasteiger partial charge in [0.25, 0.3) is 0 Å². The Bertz CT molecular complexity index is 604. The van der Waals surface area contributed by atoms with Gasteiger partial charge >= 0.3 is 0 Å². The summed E-state index contributed by atoms with van der Waals surface area (Å²) in [5.41, 5.74) is 1.05. The van der Waals surface area contributed by atoms with Crippen molar-refractivity contribution in [1.82, 2.24) is 5.32 Å². The Morgan fingerprint density at radius 1 is 1.05 bits per heavy atom. The van der Waals surface area contributed by atoms with Gasteiger partial charge in [0.1, 0.15) is 0 Å². The van der Waals surface area contributed by atoms with Crippen LogP contribution in [0.5, 0.6) is 0 Å². The molecule has 0 aromatic heterocycles. The molecule has 2 rings (SSSR count). The summed E-state index contributed by atoms with van der Waals surface area (Å²) in [6.07, 6.45) is 0. The second-order valence-electron chi connectivity index (χ2n) is 5.85. The summed E-state index contributed by atoms with van der Waals surface area (Å²) in [6.45, 7) is 9.17. The molecule has 2 aromatic carbocycles. The van der Waals surface area contributed by atoms with Crippen molar-refractivity contribution in [2.24, 2.45) is 4.99 Å². The van der Waals surface area contributed by atoms with Gasteiger partial charge in [0.2, 0.25) is 0 Å². The van der Waals surface area contributed by atoms with E-state index in [9.17, 15) is 0 Å². The Labute approximate surface area is 121 Å². The molecule has 3 heteroatoms. The normalized spacial score (nSPS) is 12.5. The number of guanidine groups is 1. The first-order valence-corrected chi connectivity index (χ1v) is 7.07. The van der Waals surface area contributed by atoms with Crippen LogP contribution < -0.4 is 10.6 Å². The van der Waals surface area contributed by atoms with Crippen LogP contribution in [0.3, 0.4) is 0 Å². The van der Waals surface area contributed by atoms with Gasteiger partial charge in [-0.15, -0.1) is 0 Å². The summed E-state index contributed by atoms with van der Waals surface area (Å²) < 4.78 is 0. The van der Waals surface area contributed by atoms with Crippen LogP contribution in [-0.2, 0) is 0 Å². The van der Waals surface area contributed by atoms with Crippen molar-refractivity contribution in [3.8, 4) is 0 Å². The van der Waals surface area contributed by atoms with Crippen LogP contribution in [0.15, 0.2) is 47.5 Å². The zero-order valence-corrected chi connectivity index (χ0v) is 12.7. The maximum Gasteiger partial charge on any atom is 0.196 e. The molecule has 0 saturated carbocycles. The largest absolute Gasteiger partial charge is 0.352 e. The number of aliphatic imine (C=N–C) groups is 1. The van der Waals surface area contributed by atoms with Gasteiger partial charge in [-0.3, -0.25) is 4.99 Å². The van der Waals surface area contributed by atoms with E-state index >= 15 is 0 Å².